The topological polar surface area (TPSA) is 37.8 Å². The predicted molar refractivity (Wildman–Crippen MR) is 73.2 cm³/mol. The summed E-state index contributed by atoms with van der Waals surface area (Å²) in [4.78, 5) is 8.41. The SMILES string of the molecule is CCNC(CCc1cnccn1)c1ccccc1. The number of benzene rings is 1. The second-order valence-corrected chi connectivity index (χ2v) is 4.26. The first-order valence-electron chi connectivity index (χ1n) is 6.43. The van der Waals surface area contributed by atoms with Crippen LogP contribution >= 0.6 is 0 Å². The maximum absolute atomic E-state index is 4.31. The van der Waals surface area contributed by atoms with Gasteiger partial charge in [-0.25, -0.2) is 0 Å². The Morgan fingerprint density at radius 3 is 2.67 bits per heavy atom. The van der Waals surface area contributed by atoms with Gasteiger partial charge in [-0.05, 0) is 24.9 Å². The molecule has 1 aromatic carbocycles. The molecule has 0 bridgehead atoms. The molecule has 2 aromatic rings. The van der Waals surface area contributed by atoms with Gasteiger partial charge in [-0.2, -0.15) is 0 Å². The summed E-state index contributed by atoms with van der Waals surface area (Å²) in [6.45, 7) is 3.11. The fourth-order valence-corrected chi connectivity index (χ4v) is 2.07. The van der Waals surface area contributed by atoms with Crippen molar-refractivity contribution in [2.75, 3.05) is 6.54 Å². The van der Waals surface area contributed by atoms with Gasteiger partial charge < -0.3 is 5.32 Å². The average molecular weight is 241 g/mol. The number of hydrogen-bond acceptors (Lipinski definition) is 3. The van der Waals surface area contributed by atoms with E-state index in [1.54, 1.807) is 12.4 Å². The van der Waals surface area contributed by atoms with Crippen molar-refractivity contribution in [3.05, 3.63) is 60.2 Å². The molecular formula is C15H19N3. The van der Waals surface area contributed by atoms with Crippen LogP contribution in [0.5, 0.6) is 0 Å². The molecule has 3 nitrogen and oxygen atoms in total. The van der Waals surface area contributed by atoms with E-state index in [4.69, 9.17) is 0 Å². The van der Waals surface area contributed by atoms with Crippen LogP contribution in [0.3, 0.4) is 0 Å². The average Bonchev–Trinajstić information content (AvgIpc) is 2.45. The van der Waals surface area contributed by atoms with Gasteiger partial charge in [0.25, 0.3) is 0 Å². The van der Waals surface area contributed by atoms with Crippen LogP contribution in [0.1, 0.15) is 30.6 Å². The Balaban J connectivity index is 1.99. The summed E-state index contributed by atoms with van der Waals surface area (Å²) in [6.07, 6.45) is 7.29. The van der Waals surface area contributed by atoms with E-state index in [1.165, 1.54) is 5.56 Å². The molecule has 1 heterocycles. The number of nitrogens with one attached hydrogen (secondary N) is 1. The van der Waals surface area contributed by atoms with Crippen LogP contribution in [0.15, 0.2) is 48.9 Å². The molecule has 1 unspecified atom stereocenters. The van der Waals surface area contributed by atoms with E-state index >= 15 is 0 Å². The van der Waals surface area contributed by atoms with Gasteiger partial charge in [0, 0.05) is 24.6 Å². The lowest BCUT2D eigenvalue weighted by atomic mass is 10.0. The predicted octanol–water partition coefficient (Wildman–Crippen LogP) is 2.76. The molecule has 2 rings (SSSR count). The second kappa shape index (κ2) is 6.87. The summed E-state index contributed by atoms with van der Waals surface area (Å²) in [6, 6.07) is 10.9. The van der Waals surface area contributed by atoms with Gasteiger partial charge in [-0.1, -0.05) is 37.3 Å². The zero-order valence-corrected chi connectivity index (χ0v) is 10.7. The molecule has 1 aromatic heterocycles. The molecular weight excluding hydrogens is 222 g/mol. The summed E-state index contributed by atoms with van der Waals surface area (Å²) < 4.78 is 0. The van der Waals surface area contributed by atoms with Crippen LogP contribution in [-0.4, -0.2) is 16.5 Å². The van der Waals surface area contributed by atoms with Crippen molar-refractivity contribution in [2.45, 2.75) is 25.8 Å². The van der Waals surface area contributed by atoms with Crippen molar-refractivity contribution < 1.29 is 0 Å². The molecule has 0 saturated carbocycles. The fraction of sp³-hybridized carbons (Fsp3) is 0.333. The van der Waals surface area contributed by atoms with Crippen molar-refractivity contribution in [1.29, 1.82) is 0 Å². The van der Waals surface area contributed by atoms with Crippen LogP contribution in [0.2, 0.25) is 0 Å². The standard InChI is InChI=1S/C15H19N3/c1-2-17-15(13-6-4-3-5-7-13)9-8-14-12-16-10-11-18-14/h3-7,10-12,15,17H,2,8-9H2,1H3. The molecule has 94 valence electrons. The monoisotopic (exact) mass is 241 g/mol. The Labute approximate surface area is 108 Å². The summed E-state index contributed by atoms with van der Waals surface area (Å²) in [7, 11) is 0. The quantitative estimate of drug-likeness (QED) is 0.845. The third kappa shape index (κ3) is 3.64. The van der Waals surface area contributed by atoms with E-state index in [-0.39, 0.29) is 0 Å². The first kappa shape index (κ1) is 12.7. The Bertz CT molecular complexity index is 442. The number of rotatable bonds is 6. The highest BCUT2D eigenvalue weighted by Gasteiger charge is 2.09. The van der Waals surface area contributed by atoms with Crippen molar-refractivity contribution in [2.24, 2.45) is 0 Å². The zero-order valence-electron chi connectivity index (χ0n) is 10.7. The Kier molecular flexibility index (Phi) is 4.85. The molecule has 0 radical (unpaired) electrons. The van der Waals surface area contributed by atoms with E-state index in [1.807, 2.05) is 6.20 Å². The third-order valence-corrected chi connectivity index (χ3v) is 2.96. The zero-order chi connectivity index (χ0) is 12.6. The van der Waals surface area contributed by atoms with E-state index in [9.17, 15) is 0 Å². The lowest BCUT2D eigenvalue weighted by Crippen LogP contribution is -2.21. The van der Waals surface area contributed by atoms with Crippen LogP contribution in [-0.2, 0) is 6.42 Å². The van der Waals surface area contributed by atoms with Crippen molar-refractivity contribution >= 4 is 0 Å². The largest absolute Gasteiger partial charge is 0.310 e. The van der Waals surface area contributed by atoms with Gasteiger partial charge in [0.1, 0.15) is 0 Å². The van der Waals surface area contributed by atoms with Crippen molar-refractivity contribution in [1.82, 2.24) is 15.3 Å². The minimum atomic E-state index is 0.387. The van der Waals surface area contributed by atoms with Gasteiger partial charge in [0.05, 0.1) is 5.69 Å². The molecule has 0 fully saturated rings. The highest BCUT2D eigenvalue weighted by molar-refractivity contribution is 5.19. The number of nitrogens with zero attached hydrogens (tertiary/aromatic N) is 2. The van der Waals surface area contributed by atoms with Gasteiger partial charge in [-0.3, -0.25) is 9.97 Å². The number of hydrogen-bond donors (Lipinski definition) is 1. The highest BCUT2D eigenvalue weighted by Crippen LogP contribution is 2.18. The van der Waals surface area contributed by atoms with Crippen molar-refractivity contribution in [3.8, 4) is 0 Å². The molecule has 0 aliphatic carbocycles. The first-order valence-corrected chi connectivity index (χ1v) is 6.43. The number of aryl methyl sites for hydroxylation is 1. The minimum absolute atomic E-state index is 0.387. The number of aromatic nitrogens is 2. The third-order valence-electron chi connectivity index (χ3n) is 2.96. The molecule has 3 heteroatoms. The van der Waals surface area contributed by atoms with E-state index in [0.29, 0.717) is 6.04 Å². The lowest BCUT2D eigenvalue weighted by Gasteiger charge is -2.18. The highest BCUT2D eigenvalue weighted by atomic mass is 14.9. The first-order chi connectivity index (χ1) is 8.90. The molecule has 0 aliphatic heterocycles. The smallest absolute Gasteiger partial charge is 0.0587 e. The lowest BCUT2D eigenvalue weighted by molar-refractivity contribution is 0.512. The van der Waals surface area contributed by atoms with E-state index < -0.39 is 0 Å². The maximum Gasteiger partial charge on any atom is 0.0587 e. The Morgan fingerprint density at radius 1 is 1.17 bits per heavy atom. The Hall–Kier alpha value is -1.74. The van der Waals surface area contributed by atoms with Crippen LogP contribution in [0.25, 0.3) is 0 Å². The summed E-state index contributed by atoms with van der Waals surface area (Å²) in [5.74, 6) is 0. The minimum Gasteiger partial charge on any atom is -0.310 e. The molecule has 0 spiro atoms. The molecule has 0 amide bonds. The van der Waals surface area contributed by atoms with Gasteiger partial charge in [0.2, 0.25) is 0 Å². The molecule has 0 aliphatic rings. The molecule has 0 saturated heterocycles. The summed E-state index contributed by atoms with van der Waals surface area (Å²) in [5.41, 5.74) is 2.39. The van der Waals surface area contributed by atoms with Crippen LogP contribution in [0, 0.1) is 0 Å². The normalized spacial score (nSPS) is 12.3. The van der Waals surface area contributed by atoms with Crippen LogP contribution < -0.4 is 5.32 Å². The molecule has 1 atom stereocenters. The summed E-state index contributed by atoms with van der Waals surface area (Å²) >= 11 is 0. The van der Waals surface area contributed by atoms with E-state index in [2.05, 4.69) is 52.5 Å². The molecule has 1 N–H and O–H groups in total. The van der Waals surface area contributed by atoms with Crippen molar-refractivity contribution in [3.63, 3.8) is 0 Å². The van der Waals surface area contributed by atoms with Crippen LogP contribution in [0.4, 0.5) is 0 Å². The maximum atomic E-state index is 4.31. The van der Waals surface area contributed by atoms with Gasteiger partial charge in [0.15, 0.2) is 0 Å². The van der Waals surface area contributed by atoms with E-state index in [0.717, 1.165) is 25.1 Å². The molecule has 18 heavy (non-hydrogen) atoms. The summed E-state index contributed by atoms with van der Waals surface area (Å²) in [5, 5.41) is 3.52. The Morgan fingerprint density at radius 2 is 2.00 bits per heavy atom. The van der Waals surface area contributed by atoms with Gasteiger partial charge in [-0.15, -0.1) is 0 Å². The van der Waals surface area contributed by atoms with Gasteiger partial charge >= 0.3 is 0 Å². The fourth-order valence-electron chi connectivity index (χ4n) is 2.07. The second-order valence-electron chi connectivity index (χ2n) is 4.26.